The third-order valence-electron chi connectivity index (χ3n) is 2.63. The first-order chi connectivity index (χ1) is 7.75. The molecule has 1 N–H and O–H groups in total. The zero-order valence-corrected chi connectivity index (χ0v) is 10.4. The first-order valence-corrected chi connectivity index (χ1v) is 6.49. The highest BCUT2D eigenvalue weighted by atomic mass is 32.2. The maximum absolute atomic E-state index is 5.30. The summed E-state index contributed by atoms with van der Waals surface area (Å²) in [7, 11) is 1.95. The van der Waals surface area contributed by atoms with Crippen LogP contribution in [0.4, 0.5) is 0 Å². The first kappa shape index (κ1) is 10.0. The molecule has 0 spiro atoms. The summed E-state index contributed by atoms with van der Waals surface area (Å²) < 4.78 is 2.64. The number of thioether (sulfide) groups is 1. The second-order valence-electron chi connectivity index (χ2n) is 3.70. The number of hydrogen-bond acceptors (Lipinski definition) is 4. The Labute approximate surface area is 102 Å². The van der Waals surface area contributed by atoms with Gasteiger partial charge in [0.25, 0.3) is 0 Å². The van der Waals surface area contributed by atoms with Gasteiger partial charge < -0.3 is 9.55 Å². The molecule has 82 valence electrons. The van der Waals surface area contributed by atoms with E-state index >= 15 is 0 Å². The molecule has 4 nitrogen and oxygen atoms in total. The van der Waals surface area contributed by atoms with E-state index in [1.165, 1.54) is 11.3 Å². The summed E-state index contributed by atoms with van der Waals surface area (Å²) in [5.74, 6) is 3.54. The Morgan fingerprint density at radius 1 is 1.50 bits per heavy atom. The lowest BCUT2D eigenvalue weighted by Gasteiger charge is -2.04. The zero-order chi connectivity index (χ0) is 11.1. The molecule has 3 rings (SSSR count). The number of hydrogen-bond donors (Lipinski definition) is 1. The summed E-state index contributed by atoms with van der Waals surface area (Å²) in [5, 5.41) is 0. The molecule has 1 aliphatic rings. The minimum Gasteiger partial charge on any atom is -0.339 e. The average molecular weight is 250 g/mol. The van der Waals surface area contributed by atoms with Crippen molar-refractivity contribution in [1.82, 2.24) is 19.5 Å². The van der Waals surface area contributed by atoms with Crippen molar-refractivity contribution >= 4 is 24.0 Å². The largest absolute Gasteiger partial charge is 0.339 e. The van der Waals surface area contributed by atoms with Gasteiger partial charge in [-0.05, 0) is 0 Å². The molecular formula is C10H10N4S2. The van der Waals surface area contributed by atoms with Gasteiger partial charge in [-0.1, -0.05) is 12.2 Å². The number of aromatic nitrogens is 4. The molecule has 16 heavy (non-hydrogen) atoms. The molecule has 0 unspecified atom stereocenters. The standard InChI is InChI=1S/C10H10N4S2/c1-14-3-2-11-9(14)8-12-7-5-16-4-6(7)10(15)13-8/h2-3H,4-5H2,1H3,(H,12,13,15). The maximum atomic E-state index is 5.30. The van der Waals surface area contributed by atoms with E-state index in [9.17, 15) is 0 Å². The Bertz CT molecular complexity index is 599. The number of rotatable bonds is 1. The van der Waals surface area contributed by atoms with E-state index in [1.807, 2.05) is 29.6 Å². The van der Waals surface area contributed by atoms with E-state index < -0.39 is 0 Å². The molecule has 2 aromatic heterocycles. The van der Waals surface area contributed by atoms with Crippen molar-refractivity contribution in [3.8, 4) is 11.6 Å². The predicted octanol–water partition coefficient (Wildman–Crippen LogP) is 2.29. The Morgan fingerprint density at radius 2 is 2.38 bits per heavy atom. The Morgan fingerprint density at radius 3 is 3.12 bits per heavy atom. The fraction of sp³-hybridized carbons (Fsp3) is 0.300. The van der Waals surface area contributed by atoms with E-state index in [1.54, 1.807) is 6.20 Å². The van der Waals surface area contributed by atoms with Crippen LogP contribution in [-0.2, 0) is 18.6 Å². The van der Waals surface area contributed by atoms with Gasteiger partial charge in [-0.2, -0.15) is 11.8 Å². The third kappa shape index (κ3) is 1.49. The molecule has 0 amide bonds. The number of aromatic amines is 1. The number of imidazole rings is 1. The van der Waals surface area contributed by atoms with E-state index in [2.05, 4.69) is 15.0 Å². The fourth-order valence-corrected chi connectivity index (χ4v) is 3.22. The maximum Gasteiger partial charge on any atom is 0.175 e. The van der Waals surface area contributed by atoms with Gasteiger partial charge in [-0.15, -0.1) is 0 Å². The monoisotopic (exact) mass is 250 g/mol. The topological polar surface area (TPSA) is 46.5 Å². The number of nitrogens with one attached hydrogen (secondary N) is 1. The van der Waals surface area contributed by atoms with E-state index in [4.69, 9.17) is 12.2 Å². The Kier molecular flexibility index (Phi) is 2.33. The van der Waals surface area contributed by atoms with Crippen molar-refractivity contribution in [1.29, 1.82) is 0 Å². The van der Waals surface area contributed by atoms with Crippen LogP contribution in [0.15, 0.2) is 12.4 Å². The number of aryl methyl sites for hydroxylation is 1. The highest BCUT2D eigenvalue weighted by Gasteiger charge is 2.16. The molecule has 0 aliphatic carbocycles. The minimum absolute atomic E-state index is 0.705. The smallest absolute Gasteiger partial charge is 0.175 e. The van der Waals surface area contributed by atoms with Gasteiger partial charge in [0.05, 0.1) is 0 Å². The molecule has 3 heterocycles. The van der Waals surface area contributed by atoms with Gasteiger partial charge in [0, 0.05) is 42.2 Å². The normalized spacial score (nSPS) is 14.1. The second-order valence-corrected chi connectivity index (χ2v) is 5.07. The highest BCUT2D eigenvalue weighted by molar-refractivity contribution is 7.98. The van der Waals surface area contributed by atoms with Crippen LogP contribution in [0.2, 0.25) is 0 Å². The molecule has 0 atom stereocenters. The van der Waals surface area contributed by atoms with Crippen LogP contribution in [0.25, 0.3) is 11.6 Å². The van der Waals surface area contributed by atoms with Crippen LogP contribution in [0.3, 0.4) is 0 Å². The molecular weight excluding hydrogens is 240 g/mol. The summed E-state index contributed by atoms with van der Waals surface area (Å²) in [6, 6.07) is 0. The Balaban J connectivity index is 2.21. The fourth-order valence-electron chi connectivity index (χ4n) is 1.77. The van der Waals surface area contributed by atoms with Gasteiger partial charge in [0.1, 0.15) is 4.64 Å². The molecule has 2 aromatic rings. The molecule has 0 radical (unpaired) electrons. The Hall–Kier alpha value is -1.14. The van der Waals surface area contributed by atoms with Gasteiger partial charge in [0.15, 0.2) is 11.6 Å². The van der Waals surface area contributed by atoms with E-state index in [0.717, 1.165) is 23.2 Å². The molecule has 0 aromatic carbocycles. The van der Waals surface area contributed by atoms with Crippen molar-refractivity contribution in [3.63, 3.8) is 0 Å². The lowest BCUT2D eigenvalue weighted by molar-refractivity contribution is 0.898. The molecule has 6 heteroatoms. The van der Waals surface area contributed by atoms with Crippen LogP contribution < -0.4 is 0 Å². The zero-order valence-electron chi connectivity index (χ0n) is 8.73. The van der Waals surface area contributed by atoms with Crippen molar-refractivity contribution in [2.24, 2.45) is 7.05 Å². The molecule has 0 saturated heterocycles. The van der Waals surface area contributed by atoms with Crippen molar-refractivity contribution in [3.05, 3.63) is 28.3 Å². The van der Waals surface area contributed by atoms with Gasteiger partial charge in [0.2, 0.25) is 0 Å². The van der Waals surface area contributed by atoms with Crippen molar-refractivity contribution in [2.45, 2.75) is 11.5 Å². The van der Waals surface area contributed by atoms with Crippen LogP contribution in [0.1, 0.15) is 11.3 Å². The van der Waals surface area contributed by atoms with Crippen molar-refractivity contribution in [2.75, 3.05) is 0 Å². The van der Waals surface area contributed by atoms with E-state index in [0.29, 0.717) is 4.64 Å². The summed E-state index contributed by atoms with van der Waals surface area (Å²) in [6.45, 7) is 0. The van der Waals surface area contributed by atoms with Crippen LogP contribution in [-0.4, -0.2) is 19.5 Å². The average Bonchev–Trinajstić information content (AvgIpc) is 2.85. The highest BCUT2D eigenvalue weighted by Crippen LogP contribution is 2.29. The molecule has 1 aliphatic heterocycles. The van der Waals surface area contributed by atoms with Crippen LogP contribution >= 0.6 is 24.0 Å². The SMILES string of the molecule is Cn1ccnc1-c1nc(=S)c2c([nH]1)CSC2. The second kappa shape index (κ2) is 3.71. The minimum atomic E-state index is 0.705. The lowest BCUT2D eigenvalue weighted by Crippen LogP contribution is -2.01. The number of fused-ring (bicyclic) bond motifs is 1. The summed E-state index contributed by atoms with van der Waals surface area (Å²) in [6.07, 6.45) is 3.66. The summed E-state index contributed by atoms with van der Waals surface area (Å²) in [5.41, 5.74) is 2.38. The lowest BCUT2D eigenvalue weighted by atomic mass is 10.3. The molecule has 0 fully saturated rings. The van der Waals surface area contributed by atoms with Crippen molar-refractivity contribution < 1.29 is 0 Å². The van der Waals surface area contributed by atoms with Gasteiger partial charge in [-0.3, -0.25) is 0 Å². The molecule has 0 bridgehead atoms. The molecule has 0 saturated carbocycles. The number of nitrogens with zero attached hydrogens (tertiary/aromatic N) is 3. The van der Waals surface area contributed by atoms with Crippen LogP contribution in [0, 0.1) is 4.64 Å². The third-order valence-corrected chi connectivity index (χ3v) is 3.95. The van der Waals surface area contributed by atoms with Gasteiger partial charge >= 0.3 is 0 Å². The first-order valence-electron chi connectivity index (χ1n) is 4.93. The quantitative estimate of drug-likeness (QED) is 0.789. The summed E-state index contributed by atoms with van der Waals surface area (Å²) in [4.78, 5) is 12.0. The number of H-pyrrole nitrogens is 1. The van der Waals surface area contributed by atoms with Gasteiger partial charge in [-0.25, -0.2) is 9.97 Å². The predicted molar refractivity (Wildman–Crippen MR) is 66.6 cm³/mol. The van der Waals surface area contributed by atoms with Crippen LogP contribution in [0.5, 0.6) is 0 Å². The summed E-state index contributed by atoms with van der Waals surface area (Å²) >= 11 is 7.16. The van der Waals surface area contributed by atoms with E-state index in [-0.39, 0.29) is 0 Å².